The van der Waals surface area contributed by atoms with E-state index in [0.717, 1.165) is 11.1 Å². The summed E-state index contributed by atoms with van der Waals surface area (Å²) in [6.07, 6.45) is 1.33. The Balaban J connectivity index is 2.25. The third kappa shape index (κ3) is 4.67. The van der Waals surface area contributed by atoms with Gasteiger partial charge in [0.2, 0.25) is 5.91 Å². The minimum absolute atomic E-state index is 0.0962. The van der Waals surface area contributed by atoms with Crippen LogP contribution in [0.15, 0.2) is 48.5 Å². The molecule has 0 aromatic heterocycles. The highest BCUT2D eigenvalue weighted by molar-refractivity contribution is 5.82. The first-order chi connectivity index (χ1) is 10.9. The lowest BCUT2D eigenvalue weighted by Gasteiger charge is -2.28. The highest BCUT2D eigenvalue weighted by atomic mass is 16.6. The Hall–Kier alpha value is -2.13. The largest absolute Gasteiger partial charge is 0.277 e. The number of rotatable bonds is 6. The van der Waals surface area contributed by atoms with Crippen LogP contribution in [0.4, 0.5) is 0 Å². The number of carbonyl (C=O) groups is 1. The van der Waals surface area contributed by atoms with Gasteiger partial charge >= 0.3 is 0 Å². The summed E-state index contributed by atoms with van der Waals surface area (Å²) in [5, 5.41) is 0. The summed E-state index contributed by atoms with van der Waals surface area (Å²) < 4.78 is 0. The standard InChI is InChI=1S/C20H25NO2/c1-15-5-9-17(10-6-15)13-20(3,19(22)21-23-4)14-18-11-7-16(2)8-12-18/h5-12H,13-14H2,1-4H3,(H,21,22). The van der Waals surface area contributed by atoms with E-state index in [1.807, 2.05) is 6.92 Å². The van der Waals surface area contributed by atoms with Gasteiger partial charge in [-0.05, 0) is 37.8 Å². The average Bonchev–Trinajstić information content (AvgIpc) is 2.52. The second-order valence-electron chi connectivity index (χ2n) is 6.52. The van der Waals surface area contributed by atoms with Crippen LogP contribution < -0.4 is 5.48 Å². The molecule has 23 heavy (non-hydrogen) atoms. The molecule has 0 radical (unpaired) electrons. The van der Waals surface area contributed by atoms with E-state index < -0.39 is 5.41 Å². The van der Waals surface area contributed by atoms with E-state index in [-0.39, 0.29) is 5.91 Å². The van der Waals surface area contributed by atoms with Crippen LogP contribution in [0, 0.1) is 19.3 Å². The molecule has 2 aromatic rings. The molecule has 0 aliphatic heterocycles. The Morgan fingerprint density at radius 1 is 0.913 bits per heavy atom. The number of hydrogen-bond donors (Lipinski definition) is 1. The van der Waals surface area contributed by atoms with E-state index >= 15 is 0 Å². The van der Waals surface area contributed by atoms with Crippen molar-refractivity contribution in [1.29, 1.82) is 0 Å². The fourth-order valence-corrected chi connectivity index (χ4v) is 2.75. The van der Waals surface area contributed by atoms with E-state index in [1.165, 1.54) is 18.2 Å². The third-order valence-electron chi connectivity index (χ3n) is 4.17. The molecule has 2 aromatic carbocycles. The monoisotopic (exact) mass is 311 g/mol. The Kier molecular flexibility index (Phi) is 5.56. The highest BCUT2D eigenvalue weighted by Crippen LogP contribution is 2.28. The molecule has 3 heteroatoms. The molecule has 3 nitrogen and oxygen atoms in total. The summed E-state index contributed by atoms with van der Waals surface area (Å²) >= 11 is 0. The van der Waals surface area contributed by atoms with Crippen LogP contribution >= 0.6 is 0 Å². The van der Waals surface area contributed by atoms with Gasteiger partial charge in [0.25, 0.3) is 0 Å². The van der Waals surface area contributed by atoms with Gasteiger partial charge < -0.3 is 0 Å². The van der Waals surface area contributed by atoms with Crippen LogP contribution in [-0.2, 0) is 22.5 Å². The fraction of sp³-hybridized carbons (Fsp3) is 0.350. The third-order valence-corrected chi connectivity index (χ3v) is 4.17. The van der Waals surface area contributed by atoms with Gasteiger partial charge in [-0.1, -0.05) is 66.6 Å². The molecule has 0 aliphatic rings. The summed E-state index contributed by atoms with van der Waals surface area (Å²) in [6.45, 7) is 6.11. The Labute approximate surface area is 138 Å². The van der Waals surface area contributed by atoms with Crippen molar-refractivity contribution >= 4 is 5.91 Å². The molecule has 0 fully saturated rings. The average molecular weight is 311 g/mol. The van der Waals surface area contributed by atoms with Gasteiger partial charge in [0.05, 0.1) is 12.5 Å². The number of aryl methyl sites for hydroxylation is 2. The molecule has 0 bridgehead atoms. The van der Waals surface area contributed by atoms with Crippen molar-refractivity contribution in [2.24, 2.45) is 5.41 Å². The lowest BCUT2D eigenvalue weighted by Crippen LogP contribution is -2.41. The highest BCUT2D eigenvalue weighted by Gasteiger charge is 2.34. The Morgan fingerprint density at radius 3 is 1.65 bits per heavy atom. The van der Waals surface area contributed by atoms with Crippen LogP contribution in [-0.4, -0.2) is 13.0 Å². The van der Waals surface area contributed by atoms with Crippen LogP contribution in [0.2, 0.25) is 0 Å². The van der Waals surface area contributed by atoms with Crippen molar-refractivity contribution < 1.29 is 9.63 Å². The van der Waals surface area contributed by atoms with Gasteiger partial charge in [0.15, 0.2) is 0 Å². The van der Waals surface area contributed by atoms with Crippen LogP contribution in [0.1, 0.15) is 29.2 Å². The maximum Gasteiger partial charge on any atom is 0.250 e. The number of benzene rings is 2. The number of carbonyl (C=O) groups excluding carboxylic acids is 1. The van der Waals surface area contributed by atoms with E-state index in [2.05, 4.69) is 67.9 Å². The lowest BCUT2D eigenvalue weighted by molar-refractivity contribution is -0.141. The van der Waals surface area contributed by atoms with Crippen molar-refractivity contribution in [3.8, 4) is 0 Å². The molecule has 0 heterocycles. The van der Waals surface area contributed by atoms with Crippen molar-refractivity contribution in [1.82, 2.24) is 5.48 Å². The second kappa shape index (κ2) is 7.42. The zero-order valence-corrected chi connectivity index (χ0v) is 14.3. The smallest absolute Gasteiger partial charge is 0.250 e. The molecule has 122 valence electrons. The molecule has 0 unspecified atom stereocenters. The topological polar surface area (TPSA) is 38.3 Å². The summed E-state index contributed by atoms with van der Waals surface area (Å²) in [6, 6.07) is 16.7. The molecule has 2 rings (SSSR count). The Morgan fingerprint density at radius 2 is 1.30 bits per heavy atom. The minimum Gasteiger partial charge on any atom is -0.277 e. The molecule has 1 N–H and O–H groups in total. The first-order valence-corrected chi connectivity index (χ1v) is 7.87. The van der Waals surface area contributed by atoms with Gasteiger partial charge in [-0.2, -0.15) is 0 Å². The second-order valence-corrected chi connectivity index (χ2v) is 6.52. The van der Waals surface area contributed by atoms with Crippen LogP contribution in [0.25, 0.3) is 0 Å². The minimum atomic E-state index is -0.569. The predicted octanol–water partition coefficient (Wildman–Crippen LogP) is 3.77. The van der Waals surface area contributed by atoms with E-state index in [4.69, 9.17) is 4.84 Å². The molecular formula is C20H25NO2. The SMILES string of the molecule is CONC(=O)C(C)(Cc1ccc(C)cc1)Cc1ccc(C)cc1. The zero-order chi connectivity index (χ0) is 16.9. The fourth-order valence-electron chi connectivity index (χ4n) is 2.75. The van der Waals surface area contributed by atoms with Crippen molar-refractivity contribution in [3.05, 3.63) is 70.8 Å². The maximum atomic E-state index is 12.6. The summed E-state index contributed by atoms with van der Waals surface area (Å²) in [4.78, 5) is 17.4. The lowest BCUT2D eigenvalue weighted by atomic mass is 9.77. The molecule has 0 spiro atoms. The van der Waals surface area contributed by atoms with Crippen LogP contribution in [0.5, 0.6) is 0 Å². The molecule has 0 aliphatic carbocycles. The summed E-state index contributed by atoms with van der Waals surface area (Å²) in [5.74, 6) is -0.0962. The van der Waals surface area contributed by atoms with Gasteiger partial charge in [-0.3, -0.25) is 9.63 Å². The van der Waals surface area contributed by atoms with Crippen molar-refractivity contribution in [3.63, 3.8) is 0 Å². The molecule has 0 saturated carbocycles. The molecule has 1 amide bonds. The van der Waals surface area contributed by atoms with Crippen molar-refractivity contribution in [2.45, 2.75) is 33.6 Å². The number of nitrogens with one attached hydrogen (secondary N) is 1. The predicted molar refractivity (Wildman–Crippen MR) is 93.0 cm³/mol. The molecule has 0 atom stereocenters. The quantitative estimate of drug-likeness (QED) is 0.825. The summed E-state index contributed by atoms with van der Waals surface area (Å²) in [7, 11) is 1.47. The molecular weight excluding hydrogens is 286 g/mol. The normalized spacial score (nSPS) is 11.3. The molecule has 0 saturated heterocycles. The van der Waals surface area contributed by atoms with Gasteiger partial charge in [0.1, 0.15) is 0 Å². The van der Waals surface area contributed by atoms with Gasteiger partial charge in [-0.15, -0.1) is 0 Å². The van der Waals surface area contributed by atoms with E-state index in [0.29, 0.717) is 12.8 Å². The van der Waals surface area contributed by atoms with E-state index in [1.54, 1.807) is 0 Å². The van der Waals surface area contributed by atoms with Crippen molar-refractivity contribution in [2.75, 3.05) is 7.11 Å². The summed E-state index contributed by atoms with van der Waals surface area (Å²) in [5.41, 5.74) is 6.68. The number of hydrogen-bond acceptors (Lipinski definition) is 2. The van der Waals surface area contributed by atoms with E-state index in [9.17, 15) is 4.79 Å². The maximum absolute atomic E-state index is 12.6. The van der Waals surface area contributed by atoms with Crippen LogP contribution in [0.3, 0.4) is 0 Å². The first kappa shape index (κ1) is 17.2. The zero-order valence-electron chi connectivity index (χ0n) is 14.3. The number of hydroxylamine groups is 1. The van der Waals surface area contributed by atoms with Gasteiger partial charge in [0, 0.05) is 0 Å². The van der Waals surface area contributed by atoms with Gasteiger partial charge in [-0.25, -0.2) is 5.48 Å². The number of amides is 1. The first-order valence-electron chi connectivity index (χ1n) is 7.87. The Bertz CT molecular complexity index is 597.